The molecule has 8 nitrogen and oxygen atoms in total. The van der Waals surface area contributed by atoms with Crippen LogP contribution in [0.3, 0.4) is 0 Å². The molecular formula is C19H16FN7O. The molecule has 0 saturated heterocycles. The van der Waals surface area contributed by atoms with E-state index in [4.69, 9.17) is 0 Å². The van der Waals surface area contributed by atoms with Crippen LogP contribution in [0.4, 0.5) is 10.1 Å². The normalized spacial score (nSPS) is 10.8. The Kier molecular flexibility index (Phi) is 4.63. The van der Waals surface area contributed by atoms with Gasteiger partial charge in [-0.25, -0.2) is 9.07 Å². The molecule has 4 rings (SSSR count). The maximum atomic E-state index is 13.8. The van der Waals surface area contributed by atoms with E-state index in [2.05, 4.69) is 25.8 Å². The second kappa shape index (κ2) is 7.39. The lowest BCUT2D eigenvalue weighted by Crippen LogP contribution is -2.16. The summed E-state index contributed by atoms with van der Waals surface area (Å²) >= 11 is 0. The van der Waals surface area contributed by atoms with Gasteiger partial charge in [-0.15, -0.1) is 15.0 Å². The highest BCUT2D eigenvalue weighted by Gasteiger charge is 2.13. The molecule has 2 heterocycles. The van der Waals surface area contributed by atoms with Crippen molar-refractivity contribution in [3.8, 4) is 11.4 Å². The summed E-state index contributed by atoms with van der Waals surface area (Å²) in [4.78, 5) is 13.7. The van der Waals surface area contributed by atoms with E-state index in [1.807, 2.05) is 37.3 Å². The highest BCUT2D eigenvalue weighted by Crippen LogP contribution is 2.16. The van der Waals surface area contributed by atoms with Crippen molar-refractivity contribution in [1.82, 2.24) is 30.0 Å². The van der Waals surface area contributed by atoms with Crippen LogP contribution in [0.1, 0.15) is 16.1 Å². The Morgan fingerprint density at radius 3 is 2.75 bits per heavy atom. The summed E-state index contributed by atoms with van der Waals surface area (Å²) in [6.07, 6.45) is 1.62. The molecule has 0 aliphatic rings. The fourth-order valence-corrected chi connectivity index (χ4v) is 2.62. The summed E-state index contributed by atoms with van der Waals surface area (Å²) in [5.41, 5.74) is 1.97. The van der Waals surface area contributed by atoms with Gasteiger partial charge < -0.3 is 5.32 Å². The average Bonchev–Trinajstić information content (AvgIpc) is 3.36. The summed E-state index contributed by atoms with van der Waals surface area (Å²) in [6, 6.07) is 15.5. The minimum atomic E-state index is -0.501. The molecule has 0 aliphatic heterocycles. The van der Waals surface area contributed by atoms with Crippen LogP contribution in [0.25, 0.3) is 11.4 Å². The summed E-state index contributed by atoms with van der Waals surface area (Å²) < 4.78 is 15.3. The van der Waals surface area contributed by atoms with Crippen LogP contribution in [0, 0.1) is 12.7 Å². The molecule has 0 fully saturated rings. The number of hydrogen-bond acceptors (Lipinski definition) is 5. The predicted molar refractivity (Wildman–Crippen MR) is 100.0 cm³/mol. The van der Waals surface area contributed by atoms with Gasteiger partial charge in [0.25, 0.3) is 5.91 Å². The van der Waals surface area contributed by atoms with Crippen molar-refractivity contribution in [1.29, 1.82) is 0 Å². The van der Waals surface area contributed by atoms with Gasteiger partial charge in [-0.1, -0.05) is 36.4 Å². The predicted octanol–water partition coefficient (Wildman–Crippen LogP) is 2.74. The molecule has 140 valence electrons. The minimum Gasteiger partial charge on any atom is -0.318 e. The van der Waals surface area contributed by atoms with Crippen LogP contribution in [0.5, 0.6) is 0 Å². The first-order valence-electron chi connectivity index (χ1n) is 8.53. The number of carbonyl (C=O) groups excluding carboxylic acids is 1. The zero-order chi connectivity index (χ0) is 19.5. The van der Waals surface area contributed by atoms with Crippen molar-refractivity contribution in [2.45, 2.75) is 13.6 Å². The van der Waals surface area contributed by atoms with Crippen molar-refractivity contribution in [3.05, 3.63) is 77.9 Å². The van der Waals surface area contributed by atoms with Crippen LogP contribution in [0.2, 0.25) is 0 Å². The lowest BCUT2D eigenvalue weighted by Gasteiger charge is -2.05. The number of amides is 1. The summed E-state index contributed by atoms with van der Waals surface area (Å²) in [5, 5.41) is 19.0. The SMILES string of the molecule is Cc1ccc(F)c(NC(=O)c2ccn(Cn3nnc(-c4ccccc4)n3)n2)c1. The van der Waals surface area contributed by atoms with Crippen molar-refractivity contribution < 1.29 is 9.18 Å². The van der Waals surface area contributed by atoms with Gasteiger partial charge in [0.15, 0.2) is 12.4 Å². The number of nitrogens with one attached hydrogen (secondary N) is 1. The zero-order valence-electron chi connectivity index (χ0n) is 15.0. The van der Waals surface area contributed by atoms with E-state index in [0.717, 1.165) is 11.1 Å². The van der Waals surface area contributed by atoms with E-state index in [1.54, 1.807) is 18.3 Å². The lowest BCUT2D eigenvalue weighted by atomic mass is 10.2. The number of aryl methyl sites for hydroxylation is 1. The van der Waals surface area contributed by atoms with E-state index in [-0.39, 0.29) is 18.1 Å². The molecule has 0 bridgehead atoms. The highest BCUT2D eigenvalue weighted by atomic mass is 19.1. The fourth-order valence-electron chi connectivity index (χ4n) is 2.62. The molecule has 0 atom stereocenters. The van der Waals surface area contributed by atoms with Crippen LogP contribution < -0.4 is 5.32 Å². The van der Waals surface area contributed by atoms with E-state index in [9.17, 15) is 9.18 Å². The van der Waals surface area contributed by atoms with E-state index in [0.29, 0.717) is 5.82 Å². The van der Waals surface area contributed by atoms with Crippen LogP contribution in [0.15, 0.2) is 60.8 Å². The summed E-state index contributed by atoms with van der Waals surface area (Å²) in [6.45, 7) is 2.00. The number of hydrogen-bond donors (Lipinski definition) is 1. The van der Waals surface area contributed by atoms with Gasteiger partial charge in [0.1, 0.15) is 5.82 Å². The smallest absolute Gasteiger partial charge is 0.276 e. The van der Waals surface area contributed by atoms with Gasteiger partial charge in [-0.3, -0.25) is 4.79 Å². The summed E-state index contributed by atoms with van der Waals surface area (Å²) in [7, 11) is 0. The van der Waals surface area contributed by atoms with Crippen LogP contribution in [-0.4, -0.2) is 35.9 Å². The van der Waals surface area contributed by atoms with Gasteiger partial charge in [-0.05, 0) is 35.9 Å². The Morgan fingerprint density at radius 1 is 1.11 bits per heavy atom. The highest BCUT2D eigenvalue weighted by molar-refractivity contribution is 6.02. The number of tetrazole rings is 1. The van der Waals surface area contributed by atoms with Crippen molar-refractivity contribution in [3.63, 3.8) is 0 Å². The second-order valence-electron chi connectivity index (χ2n) is 6.17. The van der Waals surface area contributed by atoms with Gasteiger partial charge in [0, 0.05) is 11.8 Å². The number of halogens is 1. The van der Waals surface area contributed by atoms with E-state index < -0.39 is 11.7 Å². The number of nitrogens with zero attached hydrogens (tertiary/aromatic N) is 6. The fraction of sp³-hybridized carbons (Fsp3) is 0.105. The number of carbonyl (C=O) groups is 1. The van der Waals surface area contributed by atoms with Gasteiger partial charge >= 0.3 is 0 Å². The maximum absolute atomic E-state index is 13.8. The Labute approximate surface area is 159 Å². The third-order valence-corrected chi connectivity index (χ3v) is 4.00. The first kappa shape index (κ1) is 17.5. The van der Waals surface area contributed by atoms with Crippen molar-refractivity contribution in [2.75, 3.05) is 5.32 Å². The first-order chi connectivity index (χ1) is 13.6. The maximum Gasteiger partial charge on any atom is 0.276 e. The van der Waals surface area contributed by atoms with Gasteiger partial charge in [0.05, 0.1) is 5.69 Å². The topological polar surface area (TPSA) is 90.5 Å². The molecule has 0 saturated carbocycles. The van der Waals surface area contributed by atoms with Crippen molar-refractivity contribution >= 4 is 11.6 Å². The second-order valence-corrected chi connectivity index (χ2v) is 6.17. The van der Waals surface area contributed by atoms with E-state index >= 15 is 0 Å². The Bertz CT molecular complexity index is 1120. The molecule has 0 radical (unpaired) electrons. The van der Waals surface area contributed by atoms with Crippen molar-refractivity contribution in [2.24, 2.45) is 0 Å². The monoisotopic (exact) mass is 377 g/mol. The lowest BCUT2D eigenvalue weighted by molar-refractivity contribution is 0.102. The minimum absolute atomic E-state index is 0.116. The summed E-state index contributed by atoms with van der Waals surface area (Å²) in [5.74, 6) is -0.501. The number of benzene rings is 2. The Hall–Kier alpha value is -3.88. The molecule has 2 aromatic heterocycles. The first-order valence-corrected chi connectivity index (χ1v) is 8.53. The van der Waals surface area contributed by atoms with Crippen LogP contribution in [-0.2, 0) is 6.67 Å². The number of rotatable bonds is 5. The third-order valence-electron chi connectivity index (χ3n) is 4.00. The quantitative estimate of drug-likeness (QED) is 0.578. The molecule has 28 heavy (non-hydrogen) atoms. The molecular weight excluding hydrogens is 361 g/mol. The Morgan fingerprint density at radius 2 is 1.93 bits per heavy atom. The number of anilines is 1. The molecule has 2 aromatic carbocycles. The molecule has 9 heteroatoms. The molecule has 1 N–H and O–H groups in total. The van der Waals surface area contributed by atoms with Gasteiger partial charge in [0.2, 0.25) is 5.82 Å². The largest absolute Gasteiger partial charge is 0.318 e. The zero-order valence-corrected chi connectivity index (χ0v) is 15.0. The molecule has 0 spiro atoms. The molecule has 1 amide bonds. The third kappa shape index (κ3) is 3.78. The molecule has 0 unspecified atom stereocenters. The molecule has 0 aliphatic carbocycles. The standard InChI is InChI=1S/C19H16FN7O/c1-13-7-8-15(20)17(11-13)21-19(28)16-9-10-26(23-16)12-27-24-18(22-25-27)14-5-3-2-4-6-14/h2-11H,12H2,1H3,(H,21,28). The molecule has 4 aromatic rings. The Balaban J connectivity index is 1.45. The average molecular weight is 377 g/mol. The van der Waals surface area contributed by atoms with Gasteiger partial charge in [-0.2, -0.15) is 5.10 Å². The van der Waals surface area contributed by atoms with Crippen LogP contribution >= 0.6 is 0 Å². The number of aromatic nitrogens is 6. The van der Waals surface area contributed by atoms with E-state index in [1.165, 1.54) is 21.6 Å².